The number of rotatable bonds is 6. The van der Waals surface area contributed by atoms with E-state index in [0.717, 1.165) is 6.26 Å². The molecule has 1 aromatic heterocycles. The number of nitrogens with zero attached hydrogens (tertiary/aromatic N) is 2. The zero-order valence-corrected chi connectivity index (χ0v) is 16.0. The summed E-state index contributed by atoms with van der Waals surface area (Å²) in [5.74, 6) is 0.615. The Morgan fingerprint density at radius 3 is 2.36 bits per heavy atom. The van der Waals surface area contributed by atoms with Gasteiger partial charge in [0.15, 0.2) is 9.84 Å². The zero-order valence-electron chi connectivity index (χ0n) is 15.1. The molecule has 0 aliphatic heterocycles. The van der Waals surface area contributed by atoms with E-state index in [0.29, 0.717) is 22.7 Å². The van der Waals surface area contributed by atoms with E-state index in [9.17, 15) is 22.3 Å². The van der Waals surface area contributed by atoms with Gasteiger partial charge in [0, 0.05) is 11.8 Å². The Bertz CT molecular complexity index is 1090. The summed E-state index contributed by atoms with van der Waals surface area (Å²) < 4.78 is 56.7. The van der Waals surface area contributed by atoms with Crippen molar-refractivity contribution >= 4 is 9.84 Å². The second-order valence-corrected chi connectivity index (χ2v) is 8.10. The van der Waals surface area contributed by atoms with Gasteiger partial charge >= 0.3 is 0 Å². The van der Waals surface area contributed by atoms with Crippen molar-refractivity contribution in [2.24, 2.45) is 0 Å². The second kappa shape index (κ2) is 7.69. The third kappa shape index (κ3) is 3.90. The molecule has 1 N–H and O–H groups in total. The zero-order chi connectivity index (χ0) is 20.5. The lowest BCUT2D eigenvalue weighted by Gasteiger charge is -2.12. The molecule has 0 amide bonds. The van der Waals surface area contributed by atoms with Gasteiger partial charge in [0.05, 0.1) is 30.0 Å². The third-order valence-electron chi connectivity index (χ3n) is 4.20. The van der Waals surface area contributed by atoms with Gasteiger partial charge in [-0.3, -0.25) is 0 Å². The molecular formula is C19H18F2N2O4S. The molecule has 0 unspecified atom stereocenters. The summed E-state index contributed by atoms with van der Waals surface area (Å²) in [6.45, 7) is -0.517. The number of aliphatic hydroxyl groups is 1. The van der Waals surface area contributed by atoms with Crippen molar-refractivity contribution in [1.29, 1.82) is 0 Å². The minimum absolute atomic E-state index is 0.0222. The molecule has 0 fully saturated rings. The van der Waals surface area contributed by atoms with Crippen molar-refractivity contribution in [3.63, 3.8) is 0 Å². The van der Waals surface area contributed by atoms with Gasteiger partial charge in [0.25, 0.3) is 6.43 Å². The molecule has 0 aliphatic rings. The lowest BCUT2D eigenvalue weighted by Crippen LogP contribution is -2.06. The average Bonchev–Trinajstić information content (AvgIpc) is 3.12. The monoisotopic (exact) mass is 408 g/mol. The summed E-state index contributed by atoms with van der Waals surface area (Å²) in [7, 11) is -2.02. The van der Waals surface area contributed by atoms with E-state index in [4.69, 9.17) is 4.74 Å². The number of benzene rings is 2. The lowest BCUT2D eigenvalue weighted by atomic mass is 10.1. The van der Waals surface area contributed by atoms with Crippen LogP contribution in [0.25, 0.3) is 16.9 Å². The van der Waals surface area contributed by atoms with E-state index in [2.05, 4.69) is 5.10 Å². The fourth-order valence-corrected chi connectivity index (χ4v) is 3.77. The minimum Gasteiger partial charge on any atom is -0.497 e. The average molecular weight is 408 g/mol. The number of sulfone groups is 1. The number of methoxy groups -OCH3 is 1. The highest BCUT2D eigenvalue weighted by molar-refractivity contribution is 7.90. The second-order valence-electron chi connectivity index (χ2n) is 6.12. The fraction of sp³-hybridized carbons (Fsp3) is 0.211. The van der Waals surface area contributed by atoms with Gasteiger partial charge in [-0.25, -0.2) is 21.9 Å². The van der Waals surface area contributed by atoms with Crippen molar-refractivity contribution in [3.05, 3.63) is 59.8 Å². The Morgan fingerprint density at radius 2 is 1.82 bits per heavy atom. The molecule has 0 spiro atoms. The van der Waals surface area contributed by atoms with Gasteiger partial charge in [0.2, 0.25) is 0 Å². The van der Waals surface area contributed by atoms with Crippen LogP contribution in [-0.4, -0.2) is 36.7 Å². The van der Waals surface area contributed by atoms with E-state index in [1.807, 2.05) is 0 Å². The Morgan fingerprint density at radius 1 is 1.14 bits per heavy atom. The molecule has 6 nitrogen and oxygen atoms in total. The first-order valence-electron chi connectivity index (χ1n) is 8.21. The molecule has 28 heavy (non-hydrogen) atoms. The minimum atomic E-state index is -3.55. The van der Waals surface area contributed by atoms with Gasteiger partial charge in [-0.1, -0.05) is 0 Å². The number of alkyl halides is 2. The van der Waals surface area contributed by atoms with Crippen LogP contribution in [-0.2, 0) is 16.4 Å². The predicted octanol–water partition coefficient (Wildman–Crippen LogP) is 3.38. The molecule has 0 aliphatic carbocycles. The van der Waals surface area contributed by atoms with Gasteiger partial charge in [-0.2, -0.15) is 5.10 Å². The van der Waals surface area contributed by atoms with Crippen LogP contribution in [0.2, 0.25) is 0 Å². The quantitative estimate of drug-likeness (QED) is 0.676. The van der Waals surface area contributed by atoms with Crippen molar-refractivity contribution in [3.8, 4) is 22.7 Å². The van der Waals surface area contributed by atoms with E-state index in [1.165, 1.54) is 36.1 Å². The summed E-state index contributed by atoms with van der Waals surface area (Å²) in [5.41, 5.74) is 1.12. The van der Waals surface area contributed by atoms with Crippen molar-refractivity contribution in [2.45, 2.75) is 17.9 Å². The topological polar surface area (TPSA) is 81.4 Å². The number of hydrogen-bond donors (Lipinski definition) is 1. The van der Waals surface area contributed by atoms with Crippen LogP contribution in [0, 0.1) is 0 Å². The van der Waals surface area contributed by atoms with E-state index >= 15 is 0 Å². The molecular weight excluding hydrogens is 390 g/mol. The maximum atomic E-state index is 13.3. The number of aromatic nitrogens is 2. The molecule has 0 bridgehead atoms. The molecule has 0 saturated carbocycles. The predicted molar refractivity (Wildman–Crippen MR) is 99.5 cm³/mol. The molecule has 0 atom stereocenters. The largest absolute Gasteiger partial charge is 0.497 e. The van der Waals surface area contributed by atoms with E-state index in [1.54, 1.807) is 24.3 Å². The first-order valence-corrected chi connectivity index (χ1v) is 10.1. The molecule has 9 heteroatoms. The maximum Gasteiger partial charge on any atom is 0.282 e. The summed E-state index contributed by atoms with van der Waals surface area (Å²) in [5, 5.41) is 13.5. The van der Waals surface area contributed by atoms with Crippen LogP contribution in [0.4, 0.5) is 8.78 Å². The van der Waals surface area contributed by atoms with Crippen LogP contribution in [0.1, 0.15) is 17.7 Å². The molecule has 3 rings (SSSR count). The molecule has 148 valence electrons. The molecule has 0 radical (unpaired) electrons. The van der Waals surface area contributed by atoms with Crippen molar-refractivity contribution in [1.82, 2.24) is 9.78 Å². The van der Waals surface area contributed by atoms with Crippen LogP contribution in [0.3, 0.4) is 0 Å². The van der Waals surface area contributed by atoms with Crippen LogP contribution >= 0.6 is 0 Å². The lowest BCUT2D eigenvalue weighted by molar-refractivity contribution is 0.145. The van der Waals surface area contributed by atoms with Crippen molar-refractivity contribution in [2.75, 3.05) is 13.4 Å². The number of ether oxygens (including phenoxy) is 1. The molecule has 1 heterocycles. The van der Waals surface area contributed by atoms with Crippen LogP contribution in [0.5, 0.6) is 5.75 Å². The van der Waals surface area contributed by atoms with E-state index in [-0.39, 0.29) is 10.5 Å². The Labute approximate surface area is 160 Å². The summed E-state index contributed by atoms with van der Waals surface area (Å²) in [4.78, 5) is -0.0222. The first kappa shape index (κ1) is 20.0. The number of halogens is 2. The van der Waals surface area contributed by atoms with Gasteiger partial charge < -0.3 is 9.84 Å². The fourth-order valence-electron chi connectivity index (χ4n) is 2.85. The first-order chi connectivity index (χ1) is 13.2. The van der Waals surface area contributed by atoms with Crippen LogP contribution < -0.4 is 4.74 Å². The molecule has 3 aromatic rings. The highest BCUT2D eigenvalue weighted by atomic mass is 32.2. The number of hydrogen-bond acceptors (Lipinski definition) is 5. The summed E-state index contributed by atoms with van der Waals surface area (Å²) in [6, 6.07) is 12.3. The normalized spacial score (nSPS) is 11.8. The van der Waals surface area contributed by atoms with Crippen molar-refractivity contribution < 1.29 is 27.0 Å². The Balaban J connectivity index is 2.18. The highest BCUT2D eigenvalue weighted by Crippen LogP contribution is 2.30. The summed E-state index contributed by atoms with van der Waals surface area (Å²) in [6.07, 6.45) is -1.74. The number of aliphatic hydroxyl groups excluding tert-OH is 1. The molecule has 0 saturated heterocycles. The van der Waals surface area contributed by atoms with E-state index < -0.39 is 28.6 Å². The summed E-state index contributed by atoms with van der Waals surface area (Å²) >= 11 is 0. The SMILES string of the molecule is COc1ccc(-c2cc(C(F)F)nn2-c2ccc(S(C)(=O)=O)c(CO)c2)cc1. The molecule has 2 aromatic carbocycles. The maximum absolute atomic E-state index is 13.3. The van der Waals surface area contributed by atoms with Gasteiger partial charge in [-0.15, -0.1) is 0 Å². The third-order valence-corrected chi connectivity index (χ3v) is 5.39. The van der Waals surface area contributed by atoms with Crippen LogP contribution in [0.15, 0.2) is 53.4 Å². The van der Waals surface area contributed by atoms with Gasteiger partial charge in [0.1, 0.15) is 11.4 Å². The Hall–Kier alpha value is -2.78. The standard InChI is InChI=1S/C19H18F2N2O4S/c1-27-15-6-3-12(4-7-15)17-10-16(19(20)21)22-23(17)14-5-8-18(28(2,25)26)13(9-14)11-24/h3-10,19,24H,11H2,1-2H3. The highest BCUT2D eigenvalue weighted by Gasteiger charge is 2.20. The Kier molecular flexibility index (Phi) is 5.48. The van der Waals surface area contributed by atoms with Gasteiger partial charge in [-0.05, 0) is 54.1 Å². The smallest absolute Gasteiger partial charge is 0.282 e.